The molecule has 4 aromatic rings. The number of pyridine rings is 3. The number of rotatable bonds is 7. The summed E-state index contributed by atoms with van der Waals surface area (Å²) < 4.78 is 0. The van der Waals surface area contributed by atoms with Crippen LogP contribution in [-0.2, 0) is 12.8 Å². The molecule has 1 aromatic carbocycles. The standard InChI is InChI=1S/C26H25ClN6O/c1-15-12-29-26-24(22(15)27)32-20-11-18(13-30-23(20)25(26)31-14-33(2)3)21(34)7-5-16-4-6-17-8-9-28-19(17)10-16/h4,6,9-13H,5,7-8,14H2,1-3H3,(H,31,32). The van der Waals surface area contributed by atoms with E-state index in [1.165, 1.54) is 5.56 Å². The van der Waals surface area contributed by atoms with Crippen LogP contribution in [0.5, 0.6) is 0 Å². The van der Waals surface area contributed by atoms with Gasteiger partial charge in [0, 0.05) is 37.0 Å². The lowest BCUT2D eigenvalue weighted by Gasteiger charge is -2.16. The van der Waals surface area contributed by atoms with Gasteiger partial charge in [0.1, 0.15) is 16.6 Å². The highest BCUT2D eigenvalue weighted by Gasteiger charge is 2.17. The minimum atomic E-state index is 0.0246. The van der Waals surface area contributed by atoms with E-state index >= 15 is 0 Å². The molecule has 3 aromatic heterocycles. The SMILES string of the molecule is Cc1cnc2c(NCN(C)C)c3ncc(C(=O)CCc4ccc5c(c4)N=CC5)cc3nc2c1Cl. The third kappa shape index (κ3) is 4.24. The number of nitrogens with zero attached hydrogens (tertiary/aromatic N) is 5. The van der Waals surface area contributed by atoms with E-state index in [0.29, 0.717) is 52.2 Å². The Morgan fingerprint density at radius 3 is 2.76 bits per heavy atom. The average molecular weight is 473 g/mol. The number of ketones is 1. The molecule has 5 rings (SSSR count). The Labute approximate surface area is 202 Å². The van der Waals surface area contributed by atoms with Crippen molar-refractivity contribution >= 4 is 57.0 Å². The van der Waals surface area contributed by atoms with Crippen LogP contribution >= 0.6 is 11.6 Å². The van der Waals surface area contributed by atoms with Crippen LogP contribution in [0.1, 0.15) is 33.5 Å². The molecule has 1 N–H and O–H groups in total. The van der Waals surface area contributed by atoms with Crippen molar-refractivity contribution in [3.05, 3.63) is 63.9 Å². The number of carbonyl (C=O) groups excluding carboxylic acids is 1. The Hall–Kier alpha value is -3.42. The van der Waals surface area contributed by atoms with E-state index in [0.717, 1.165) is 28.9 Å². The zero-order valence-corrected chi connectivity index (χ0v) is 20.1. The number of halogens is 1. The smallest absolute Gasteiger partial charge is 0.164 e. The van der Waals surface area contributed by atoms with Gasteiger partial charge in [0.25, 0.3) is 0 Å². The van der Waals surface area contributed by atoms with Crippen molar-refractivity contribution < 1.29 is 4.79 Å². The molecule has 0 saturated heterocycles. The van der Waals surface area contributed by atoms with Gasteiger partial charge < -0.3 is 5.32 Å². The van der Waals surface area contributed by atoms with E-state index in [9.17, 15) is 4.79 Å². The second-order valence-corrected chi connectivity index (χ2v) is 9.23. The molecule has 0 unspecified atom stereocenters. The lowest BCUT2D eigenvalue weighted by molar-refractivity contribution is 0.0982. The average Bonchev–Trinajstić information content (AvgIpc) is 3.30. The first-order valence-corrected chi connectivity index (χ1v) is 11.6. The molecule has 0 bridgehead atoms. The van der Waals surface area contributed by atoms with Crippen LogP contribution in [0.2, 0.25) is 5.02 Å². The first kappa shape index (κ1) is 22.4. The quantitative estimate of drug-likeness (QED) is 0.227. The molecule has 34 heavy (non-hydrogen) atoms. The second kappa shape index (κ2) is 9.08. The van der Waals surface area contributed by atoms with Crippen molar-refractivity contribution in [2.75, 3.05) is 26.1 Å². The Morgan fingerprint density at radius 2 is 1.94 bits per heavy atom. The molecule has 8 heteroatoms. The highest BCUT2D eigenvalue weighted by Crippen LogP contribution is 2.33. The van der Waals surface area contributed by atoms with Crippen molar-refractivity contribution in [3.63, 3.8) is 0 Å². The van der Waals surface area contributed by atoms with Gasteiger partial charge in [-0.1, -0.05) is 23.7 Å². The van der Waals surface area contributed by atoms with Gasteiger partial charge in [0.15, 0.2) is 5.78 Å². The second-order valence-electron chi connectivity index (χ2n) is 8.85. The third-order valence-electron chi connectivity index (χ3n) is 5.97. The van der Waals surface area contributed by atoms with Gasteiger partial charge in [-0.25, -0.2) is 4.98 Å². The molecule has 0 radical (unpaired) electrons. The number of fused-ring (bicyclic) bond motifs is 3. The highest BCUT2D eigenvalue weighted by atomic mass is 35.5. The summed E-state index contributed by atoms with van der Waals surface area (Å²) in [5.74, 6) is 0.0246. The van der Waals surface area contributed by atoms with Crippen molar-refractivity contribution in [2.24, 2.45) is 4.99 Å². The lowest BCUT2D eigenvalue weighted by atomic mass is 10.0. The monoisotopic (exact) mass is 472 g/mol. The van der Waals surface area contributed by atoms with Crippen LogP contribution in [0.3, 0.4) is 0 Å². The Balaban J connectivity index is 1.48. The minimum absolute atomic E-state index is 0.0246. The third-order valence-corrected chi connectivity index (χ3v) is 6.44. The molecular weight excluding hydrogens is 448 g/mol. The summed E-state index contributed by atoms with van der Waals surface area (Å²) in [7, 11) is 3.95. The number of hydrogen-bond donors (Lipinski definition) is 1. The lowest BCUT2D eigenvalue weighted by Crippen LogP contribution is -2.21. The molecular formula is C26H25ClN6O. The van der Waals surface area contributed by atoms with Crippen LogP contribution in [0.15, 0.2) is 41.7 Å². The van der Waals surface area contributed by atoms with Gasteiger partial charge in [0.05, 0.1) is 28.6 Å². The van der Waals surface area contributed by atoms with Crippen molar-refractivity contribution in [2.45, 2.75) is 26.2 Å². The zero-order valence-electron chi connectivity index (χ0n) is 19.4. The van der Waals surface area contributed by atoms with E-state index in [4.69, 9.17) is 16.6 Å². The van der Waals surface area contributed by atoms with Crippen LogP contribution in [0, 0.1) is 6.92 Å². The number of hydrogen-bond acceptors (Lipinski definition) is 7. The summed E-state index contributed by atoms with van der Waals surface area (Å²) in [6.07, 6.45) is 7.19. The highest BCUT2D eigenvalue weighted by molar-refractivity contribution is 6.36. The van der Waals surface area contributed by atoms with Crippen LogP contribution < -0.4 is 5.32 Å². The fraction of sp³-hybridized carbons (Fsp3) is 0.269. The maximum Gasteiger partial charge on any atom is 0.164 e. The van der Waals surface area contributed by atoms with Gasteiger partial charge in [-0.05, 0) is 56.3 Å². The number of aryl methyl sites for hydroxylation is 2. The molecule has 0 amide bonds. The Morgan fingerprint density at radius 1 is 1.12 bits per heavy atom. The topological polar surface area (TPSA) is 83.4 Å². The van der Waals surface area contributed by atoms with Crippen molar-refractivity contribution in [1.29, 1.82) is 0 Å². The predicted octanol–water partition coefficient (Wildman–Crippen LogP) is 5.14. The molecule has 4 heterocycles. The van der Waals surface area contributed by atoms with Crippen LogP contribution in [-0.4, -0.2) is 52.6 Å². The molecule has 0 saturated carbocycles. The summed E-state index contributed by atoms with van der Waals surface area (Å²) >= 11 is 6.58. The molecule has 0 atom stereocenters. The number of benzene rings is 1. The number of aliphatic imine (C=N–C) groups is 1. The van der Waals surface area contributed by atoms with Gasteiger partial charge in [-0.2, -0.15) is 0 Å². The number of Topliss-reactive ketones (excluding diaryl/α,β-unsaturated/α-hetero) is 1. The van der Waals surface area contributed by atoms with E-state index in [1.54, 1.807) is 18.5 Å². The first-order valence-electron chi connectivity index (χ1n) is 11.2. The maximum absolute atomic E-state index is 13.0. The molecule has 7 nitrogen and oxygen atoms in total. The fourth-order valence-corrected chi connectivity index (χ4v) is 4.26. The summed E-state index contributed by atoms with van der Waals surface area (Å²) in [4.78, 5) is 33.4. The summed E-state index contributed by atoms with van der Waals surface area (Å²) in [5.41, 5.74) is 8.01. The number of anilines is 1. The zero-order chi connectivity index (χ0) is 23.8. The van der Waals surface area contributed by atoms with E-state index in [1.807, 2.05) is 32.1 Å². The van der Waals surface area contributed by atoms with Gasteiger partial charge >= 0.3 is 0 Å². The Bertz CT molecular complexity index is 1460. The van der Waals surface area contributed by atoms with E-state index < -0.39 is 0 Å². The fourth-order valence-electron chi connectivity index (χ4n) is 4.08. The maximum atomic E-state index is 13.0. The van der Waals surface area contributed by atoms with Gasteiger partial charge in [0.2, 0.25) is 0 Å². The summed E-state index contributed by atoms with van der Waals surface area (Å²) in [5, 5.41) is 3.95. The molecule has 1 aliphatic heterocycles. The summed E-state index contributed by atoms with van der Waals surface area (Å²) in [6.45, 7) is 2.49. The Kier molecular flexibility index (Phi) is 5.98. The van der Waals surface area contributed by atoms with E-state index in [2.05, 4.69) is 38.5 Å². The number of nitrogens with one attached hydrogen (secondary N) is 1. The number of carbonyl (C=O) groups is 1. The molecule has 172 valence electrons. The number of aromatic nitrogens is 3. The van der Waals surface area contributed by atoms with Crippen molar-refractivity contribution in [3.8, 4) is 0 Å². The first-order chi connectivity index (χ1) is 16.4. The predicted molar refractivity (Wildman–Crippen MR) is 138 cm³/mol. The van der Waals surface area contributed by atoms with Crippen LogP contribution in [0.4, 0.5) is 11.4 Å². The van der Waals surface area contributed by atoms with Gasteiger partial charge in [-0.15, -0.1) is 0 Å². The minimum Gasteiger partial charge on any atom is -0.369 e. The molecule has 0 spiro atoms. The normalized spacial score (nSPS) is 12.6. The molecule has 0 aliphatic carbocycles. The van der Waals surface area contributed by atoms with Crippen LogP contribution in [0.25, 0.3) is 22.1 Å². The molecule has 0 fully saturated rings. The van der Waals surface area contributed by atoms with E-state index in [-0.39, 0.29) is 5.78 Å². The summed E-state index contributed by atoms with van der Waals surface area (Å²) in [6, 6.07) is 8.04. The van der Waals surface area contributed by atoms with Gasteiger partial charge in [-0.3, -0.25) is 24.7 Å². The molecule has 1 aliphatic rings. The van der Waals surface area contributed by atoms with Crippen molar-refractivity contribution in [1.82, 2.24) is 19.9 Å². The largest absolute Gasteiger partial charge is 0.369 e.